The molecule has 188 valence electrons. The lowest BCUT2D eigenvalue weighted by molar-refractivity contribution is 0.0254. The quantitative estimate of drug-likeness (QED) is 0.300. The van der Waals surface area contributed by atoms with Gasteiger partial charge in [0.1, 0.15) is 5.75 Å². The monoisotopic (exact) mass is 534 g/mol. The van der Waals surface area contributed by atoms with Crippen LogP contribution in [0, 0.1) is 5.41 Å². The molecule has 1 aromatic heterocycles. The van der Waals surface area contributed by atoms with Crippen LogP contribution in [-0.4, -0.2) is 59.2 Å². The molecule has 0 spiro atoms. The first kappa shape index (κ1) is 26.5. The molecule has 1 aliphatic heterocycles. The molecule has 4 rings (SSSR count). The molecule has 1 fully saturated rings. The molecular formula is C27H32Cl2N2O3S. The summed E-state index contributed by atoms with van der Waals surface area (Å²) in [5, 5.41) is 23.5. The minimum atomic E-state index is -0.742. The van der Waals surface area contributed by atoms with E-state index in [-0.39, 0.29) is 12.0 Å². The summed E-state index contributed by atoms with van der Waals surface area (Å²) in [4.78, 5) is 7.95. The van der Waals surface area contributed by atoms with E-state index < -0.39 is 6.10 Å². The SMILES string of the molecule is COc1ccc2ncc(Cl)c(C(O)CCC3(CO)CCN(CCSc4ccccc4Cl)CC3)c2c1. The third-order valence-electron chi connectivity index (χ3n) is 7.10. The van der Waals surface area contributed by atoms with Crippen LogP contribution in [0.1, 0.15) is 37.4 Å². The summed E-state index contributed by atoms with van der Waals surface area (Å²) < 4.78 is 5.36. The lowest BCUT2D eigenvalue weighted by Crippen LogP contribution is -2.43. The summed E-state index contributed by atoms with van der Waals surface area (Å²) in [6.07, 6.45) is 3.93. The summed E-state index contributed by atoms with van der Waals surface area (Å²) in [6.45, 7) is 2.99. The fourth-order valence-corrected chi connectivity index (χ4v) is 6.33. The molecule has 1 unspecified atom stereocenters. The van der Waals surface area contributed by atoms with Crippen molar-refractivity contribution in [3.63, 3.8) is 0 Å². The number of fused-ring (bicyclic) bond motifs is 1. The summed E-state index contributed by atoms with van der Waals surface area (Å²) >= 11 is 14.5. The minimum Gasteiger partial charge on any atom is -0.497 e. The Kier molecular flexibility index (Phi) is 9.19. The van der Waals surface area contributed by atoms with E-state index in [2.05, 4.69) is 16.0 Å². The number of aliphatic hydroxyl groups is 2. The molecule has 1 aliphatic rings. The van der Waals surface area contributed by atoms with E-state index >= 15 is 0 Å². The van der Waals surface area contributed by atoms with Gasteiger partial charge in [-0.15, -0.1) is 11.8 Å². The molecule has 1 atom stereocenters. The Labute approximate surface area is 221 Å². The molecule has 8 heteroatoms. The molecular weight excluding hydrogens is 503 g/mol. The molecule has 5 nitrogen and oxygen atoms in total. The number of likely N-dealkylation sites (tertiary alicyclic amines) is 1. The number of rotatable bonds is 10. The van der Waals surface area contributed by atoms with Gasteiger partial charge in [0, 0.05) is 40.9 Å². The maximum Gasteiger partial charge on any atom is 0.119 e. The van der Waals surface area contributed by atoms with Gasteiger partial charge in [0.25, 0.3) is 0 Å². The summed E-state index contributed by atoms with van der Waals surface area (Å²) in [5.41, 5.74) is 1.27. The molecule has 1 saturated heterocycles. The zero-order valence-corrected chi connectivity index (χ0v) is 22.2. The molecule has 2 N–H and O–H groups in total. The first-order valence-corrected chi connectivity index (χ1v) is 13.7. The number of hydrogen-bond acceptors (Lipinski definition) is 6. The molecule has 3 aromatic rings. The molecule has 0 aliphatic carbocycles. The number of piperidine rings is 1. The Hall–Kier alpha value is -1.54. The second-order valence-electron chi connectivity index (χ2n) is 9.24. The molecule has 0 radical (unpaired) electrons. The zero-order chi connectivity index (χ0) is 24.8. The highest BCUT2D eigenvalue weighted by Crippen LogP contribution is 2.40. The molecule has 0 saturated carbocycles. The van der Waals surface area contributed by atoms with Crippen molar-refractivity contribution in [2.45, 2.75) is 36.7 Å². The Balaban J connectivity index is 1.34. The van der Waals surface area contributed by atoms with Gasteiger partial charge < -0.3 is 19.8 Å². The van der Waals surface area contributed by atoms with Gasteiger partial charge in [0.05, 0.1) is 28.8 Å². The molecule has 2 aromatic carbocycles. The van der Waals surface area contributed by atoms with E-state index in [4.69, 9.17) is 27.9 Å². The number of pyridine rings is 1. The number of benzene rings is 2. The van der Waals surface area contributed by atoms with Gasteiger partial charge in [0.2, 0.25) is 0 Å². The van der Waals surface area contributed by atoms with E-state index in [9.17, 15) is 10.2 Å². The van der Waals surface area contributed by atoms with Crippen LogP contribution in [0.15, 0.2) is 53.6 Å². The van der Waals surface area contributed by atoms with Crippen molar-refractivity contribution in [3.8, 4) is 5.75 Å². The number of ether oxygens (including phenoxy) is 1. The predicted molar refractivity (Wildman–Crippen MR) is 145 cm³/mol. The Morgan fingerprint density at radius 1 is 1.14 bits per heavy atom. The van der Waals surface area contributed by atoms with Crippen molar-refractivity contribution in [1.82, 2.24) is 9.88 Å². The topological polar surface area (TPSA) is 65.8 Å². The number of aliphatic hydroxyl groups excluding tert-OH is 2. The molecule has 2 heterocycles. The largest absolute Gasteiger partial charge is 0.497 e. The molecule has 0 bridgehead atoms. The van der Waals surface area contributed by atoms with E-state index in [1.165, 1.54) is 0 Å². The van der Waals surface area contributed by atoms with Crippen LogP contribution >= 0.6 is 35.0 Å². The Bertz CT molecular complexity index is 1140. The fraction of sp³-hybridized carbons (Fsp3) is 0.444. The number of halogens is 2. The smallest absolute Gasteiger partial charge is 0.119 e. The third-order valence-corrected chi connectivity index (χ3v) is 8.90. The Morgan fingerprint density at radius 2 is 1.91 bits per heavy atom. The molecule has 35 heavy (non-hydrogen) atoms. The highest BCUT2D eigenvalue weighted by atomic mass is 35.5. The second-order valence-corrected chi connectivity index (χ2v) is 11.2. The number of hydrogen-bond donors (Lipinski definition) is 2. The number of methoxy groups -OCH3 is 1. The average molecular weight is 536 g/mol. The summed E-state index contributed by atoms with van der Waals surface area (Å²) in [6, 6.07) is 13.5. The first-order chi connectivity index (χ1) is 16.9. The number of nitrogens with zero attached hydrogens (tertiary/aromatic N) is 2. The van der Waals surface area contributed by atoms with E-state index in [0.717, 1.165) is 65.5 Å². The van der Waals surface area contributed by atoms with Gasteiger partial charge in [-0.3, -0.25) is 4.98 Å². The highest BCUT2D eigenvalue weighted by molar-refractivity contribution is 7.99. The first-order valence-electron chi connectivity index (χ1n) is 12.0. The maximum absolute atomic E-state index is 11.1. The van der Waals surface area contributed by atoms with Gasteiger partial charge in [-0.1, -0.05) is 35.3 Å². The van der Waals surface area contributed by atoms with Crippen LogP contribution in [0.25, 0.3) is 10.9 Å². The van der Waals surface area contributed by atoms with Crippen molar-refractivity contribution in [2.75, 3.05) is 39.1 Å². The lowest BCUT2D eigenvalue weighted by atomic mass is 9.74. The van der Waals surface area contributed by atoms with Crippen LogP contribution in [0.2, 0.25) is 10.0 Å². The normalized spacial score (nSPS) is 16.9. The highest BCUT2D eigenvalue weighted by Gasteiger charge is 2.34. The number of aromatic nitrogens is 1. The predicted octanol–water partition coefficient (Wildman–Crippen LogP) is 6.23. The molecule has 0 amide bonds. The van der Waals surface area contributed by atoms with E-state index in [0.29, 0.717) is 22.8 Å². The van der Waals surface area contributed by atoms with Crippen molar-refractivity contribution >= 4 is 45.9 Å². The van der Waals surface area contributed by atoms with Crippen molar-refractivity contribution in [1.29, 1.82) is 0 Å². The lowest BCUT2D eigenvalue weighted by Gasteiger charge is -2.41. The average Bonchev–Trinajstić information content (AvgIpc) is 2.89. The zero-order valence-electron chi connectivity index (χ0n) is 19.9. The van der Waals surface area contributed by atoms with E-state index in [1.807, 2.05) is 36.4 Å². The second kappa shape index (κ2) is 12.1. The summed E-state index contributed by atoms with van der Waals surface area (Å²) in [7, 11) is 1.61. The minimum absolute atomic E-state index is 0.126. The third kappa shape index (κ3) is 6.43. The van der Waals surface area contributed by atoms with Crippen molar-refractivity contribution < 1.29 is 14.9 Å². The van der Waals surface area contributed by atoms with Crippen LogP contribution in [0.3, 0.4) is 0 Å². The maximum atomic E-state index is 11.1. The van der Waals surface area contributed by atoms with Crippen LogP contribution < -0.4 is 4.74 Å². The van der Waals surface area contributed by atoms with Crippen molar-refractivity contribution in [3.05, 3.63) is 64.3 Å². The van der Waals surface area contributed by atoms with E-state index in [1.54, 1.807) is 25.1 Å². The van der Waals surface area contributed by atoms with Crippen LogP contribution in [0.5, 0.6) is 5.75 Å². The van der Waals surface area contributed by atoms with Gasteiger partial charge in [-0.25, -0.2) is 0 Å². The number of thioether (sulfide) groups is 1. The van der Waals surface area contributed by atoms with Gasteiger partial charge in [-0.2, -0.15) is 0 Å². The van der Waals surface area contributed by atoms with Gasteiger partial charge in [0.15, 0.2) is 0 Å². The Morgan fingerprint density at radius 3 is 2.63 bits per heavy atom. The summed E-state index contributed by atoms with van der Waals surface area (Å²) in [5.74, 6) is 1.67. The van der Waals surface area contributed by atoms with Crippen molar-refractivity contribution in [2.24, 2.45) is 5.41 Å². The standard InChI is InChI=1S/C27H32Cl2N2O3S/c1-34-19-6-7-23-20(16-19)26(22(29)17-30-23)24(33)8-9-27(18-32)10-12-31(13-11-27)14-15-35-25-5-3-2-4-21(25)28/h2-7,16-17,24,32-33H,8-15,18H2,1H3. The van der Waals surface area contributed by atoms with Crippen LogP contribution in [-0.2, 0) is 0 Å². The van der Waals surface area contributed by atoms with Gasteiger partial charge in [-0.05, 0) is 74.5 Å². The fourth-order valence-electron chi connectivity index (χ4n) is 4.81. The van der Waals surface area contributed by atoms with Crippen LogP contribution in [0.4, 0.5) is 0 Å². The van der Waals surface area contributed by atoms with Gasteiger partial charge >= 0.3 is 0 Å².